The van der Waals surface area contributed by atoms with Gasteiger partial charge in [-0.1, -0.05) is 6.92 Å². The molecule has 0 aromatic carbocycles. The summed E-state index contributed by atoms with van der Waals surface area (Å²) in [6.45, 7) is 2.18. The van der Waals surface area contributed by atoms with Crippen LogP contribution in [0.1, 0.15) is 49.0 Å². The Balaban J connectivity index is 1.78. The summed E-state index contributed by atoms with van der Waals surface area (Å²) >= 11 is 0. The van der Waals surface area contributed by atoms with Crippen LogP contribution in [0, 0.1) is 11.9 Å². The maximum absolute atomic E-state index is 14.4. The molecule has 3 aromatic heterocycles. The minimum Gasteiger partial charge on any atom is -0.492 e. The topological polar surface area (TPSA) is 119 Å². The van der Waals surface area contributed by atoms with Gasteiger partial charge < -0.3 is 10.2 Å². The Bertz CT molecular complexity index is 989. The van der Waals surface area contributed by atoms with Gasteiger partial charge in [0.2, 0.25) is 5.88 Å². The fourth-order valence-corrected chi connectivity index (χ4v) is 3.37. The molecule has 136 valence electrons. The summed E-state index contributed by atoms with van der Waals surface area (Å²) in [4.78, 5) is 19.0. The van der Waals surface area contributed by atoms with E-state index in [0.29, 0.717) is 5.92 Å². The maximum atomic E-state index is 14.4. The molecule has 0 aliphatic heterocycles. The summed E-state index contributed by atoms with van der Waals surface area (Å²) in [6.07, 6.45) is 6.03. The highest BCUT2D eigenvalue weighted by molar-refractivity contribution is 5.87. The second kappa shape index (κ2) is 6.04. The Morgan fingerprint density at radius 2 is 2.00 bits per heavy atom. The fraction of sp³-hybridized carbons (Fsp3) is 0.438. The molecule has 9 nitrogen and oxygen atoms in total. The van der Waals surface area contributed by atoms with Crippen molar-refractivity contribution in [2.45, 2.75) is 38.6 Å². The van der Waals surface area contributed by atoms with E-state index < -0.39 is 17.8 Å². The normalized spacial score (nSPS) is 20.5. The average Bonchev–Trinajstić information content (AvgIpc) is 3.22. The third-order valence-corrected chi connectivity index (χ3v) is 4.84. The lowest BCUT2D eigenvalue weighted by Gasteiger charge is -2.26. The largest absolute Gasteiger partial charge is 0.492 e. The third kappa shape index (κ3) is 2.67. The summed E-state index contributed by atoms with van der Waals surface area (Å²) in [7, 11) is 0. The molecule has 3 heterocycles. The second-order valence-electron chi connectivity index (χ2n) is 6.67. The Kier molecular flexibility index (Phi) is 3.82. The summed E-state index contributed by atoms with van der Waals surface area (Å²) < 4.78 is 16.9. The molecule has 3 aromatic rings. The molecule has 0 amide bonds. The Morgan fingerprint density at radius 1 is 1.27 bits per heavy atom. The minimum atomic E-state index is -1.16. The molecule has 26 heavy (non-hydrogen) atoms. The smallest absolute Gasteiger partial charge is 0.338 e. The van der Waals surface area contributed by atoms with E-state index in [0.717, 1.165) is 36.6 Å². The number of nitrogens with zero attached hydrogens (tertiary/aromatic N) is 6. The van der Waals surface area contributed by atoms with Gasteiger partial charge in [-0.3, -0.25) is 4.68 Å². The van der Waals surface area contributed by atoms with Gasteiger partial charge in [0, 0.05) is 6.20 Å². The number of rotatable bonds is 3. The Hall–Kier alpha value is -3.04. The van der Waals surface area contributed by atoms with E-state index in [2.05, 4.69) is 27.1 Å². The molecule has 0 saturated heterocycles. The SMILES string of the molecule is C[C@H]1CC[C@H](n2nc(F)c3nc(-n4cc(C(=O)O)cn4)nc(O)c32)CC1. The lowest BCUT2D eigenvalue weighted by molar-refractivity contribution is 0.0697. The lowest BCUT2D eigenvalue weighted by atomic mass is 9.87. The van der Waals surface area contributed by atoms with E-state index in [1.54, 1.807) is 0 Å². The number of aromatic carboxylic acids is 1. The van der Waals surface area contributed by atoms with Crippen LogP contribution in [-0.2, 0) is 0 Å². The van der Waals surface area contributed by atoms with Crippen molar-refractivity contribution in [2.24, 2.45) is 5.92 Å². The average molecular weight is 360 g/mol. The minimum absolute atomic E-state index is 0.0122. The van der Waals surface area contributed by atoms with Gasteiger partial charge in [0.25, 0.3) is 11.9 Å². The van der Waals surface area contributed by atoms with Crippen LogP contribution in [0.2, 0.25) is 0 Å². The van der Waals surface area contributed by atoms with Crippen molar-refractivity contribution in [3.05, 3.63) is 23.9 Å². The fourth-order valence-electron chi connectivity index (χ4n) is 3.37. The van der Waals surface area contributed by atoms with E-state index in [9.17, 15) is 14.3 Å². The highest BCUT2D eigenvalue weighted by Gasteiger charge is 2.27. The number of fused-ring (bicyclic) bond motifs is 1. The summed E-state index contributed by atoms with van der Waals surface area (Å²) in [5.41, 5.74) is -0.0319. The van der Waals surface area contributed by atoms with Gasteiger partial charge in [0.1, 0.15) is 0 Å². The second-order valence-corrected chi connectivity index (χ2v) is 6.67. The first kappa shape index (κ1) is 16.4. The van der Waals surface area contributed by atoms with Crippen molar-refractivity contribution in [3.8, 4) is 11.8 Å². The number of hydrogen-bond donors (Lipinski definition) is 2. The van der Waals surface area contributed by atoms with Gasteiger partial charge in [-0.15, -0.1) is 5.10 Å². The molecule has 4 rings (SSSR count). The highest BCUT2D eigenvalue weighted by Crippen LogP contribution is 2.35. The van der Waals surface area contributed by atoms with Gasteiger partial charge in [-0.05, 0) is 31.6 Å². The number of hydrogen-bond acceptors (Lipinski definition) is 6. The maximum Gasteiger partial charge on any atom is 0.338 e. The van der Waals surface area contributed by atoms with Crippen molar-refractivity contribution in [1.82, 2.24) is 29.5 Å². The van der Waals surface area contributed by atoms with Gasteiger partial charge in [0.15, 0.2) is 11.0 Å². The van der Waals surface area contributed by atoms with Gasteiger partial charge in [-0.2, -0.15) is 14.5 Å². The van der Waals surface area contributed by atoms with Crippen LogP contribution in [0.4, 0.5) is 4.39 Å². The first-order chi connectivity index (χ1) is 12.4. The van der Waals surface area contributed by atoms with Gasteiger partial charge in [0.05, 0.1) is 17.8 Å². The van der Waals surface area contributed by atoms with Crippen molar-refractivity contribution >= 4 is 17.0 Å². The van der Waals surface area contributed by atoms with Crippen molar-refractivity contribution in [2.75, 3.05) is 0 Å². The molecule has 0 radical (unpaired) electrons. The quantitative estimate of drug-likeness (QED) is 0.735. The van der Waals surface area contributed by atoms with E-state index in [4.69, 9.17) is 5.11 Å². The standard InChI is InChI=1S/C16H17FN6O3/c1-8-2-4-10(5-3-8)23-12-11(13(17)21-23)19-16(20-14(12)24)22-7-9(6-18-22)15(25)26/h6-8,10H,2-5H2,1H3,(H,25,26)(H,19,20,24)/t8-,10-. The van der Waals surface area contributed by atoms with Crippen LogP contribution in [-0.4, -0.2) is 45.7 Å². The molecule has 0 spiro atoms. The lowest BCUT2D eigenvalue weighted by Crippen LogP contribution is -2.18. The Morgan fingerprint density at radius 3 is 2.65 bits per heavy atom. The molecule has 1 fully saturated rings. The summed E-state index contributed by atoms with van der Waals surface area (Å²) in [6, 6.07) is -0.0122. The first-order valence-electron chi connectivity index (χ1n) is 8.37. The van der Waals surface area contributed by atoms with Crippen LogP contribution in [0.15, 0.2) is 12.4 Å². The molecule has 1 aliphatic rings. The highest BCUT2D eigenvalue weighted by atomic mass is 19.1. The Labute approximate surface area is 147 Å². The van der Waals surface area contributed by atoms with Gasteiger partial charge >= 0.3 is 5.97 Å². The van der Waals surface area contributed by atoms with E-state index in [1.165, 1.54) is 10.9 Å². The first-order valence-corrected chi connectivity index (χ1v) is 8.37. The molecule has 0 atom stereocenters. The number of carbonyl (C=O) groups is 1. The zero-order valence-electron chi connectivity index (χ0n) is 14.0. The predicted molar refractivity (Wildman–Crippen MR) is 87.7 cm³/mol. The van der Waals surface area contributed by atoms with Crippen molar-refractivity contribution < 1.29 is 19.4 Å². The zero-order chi connectivity index (χ0) is 18.4. The monoisotopic (exact) mass is 360 g/mol. The zero-order valence-corrected chi connectivity index (χ0v) is 14.0. The molecule has 0 bridgehead atoms. The summed E-state index contributed by atoms with van der Waals surface area (Å²) in [5.74, 6) is -1.88. The predicted octanol–water partition coefficient (Wildman–Crippen LogP) is 2.31. The van der Waals surface area contributed by atoms with Crippen LogP contribution in [0.5, 0.6) is 5.88 Å². The molecular weight excluding hydrogens is 343 g/mol. The van der Waals surface area contributed by atoms with Crippen LogP contribution >= 0.6 is 0 Å². The third-order valence-electron chi connectivity index (χ3n) is 4.84. The molecule has 10 heteroatoms. The van der Waals surface area contributed by atoms with E-state index in [-0.39, 0.29) is 28.6 Å². The number of aromatic nitrogens is 6. The molecule has 1 aliphatic carbocycles. The number of halogens is 1. The van der Waals surface area contributed by atoms with Gasteiger partial charge in [-0.25, -0.2) is 14.5 Å². The van der Waals surface area contributed by atoms with Crippen LogP contribution < -0.4 is 0 Å². The summed E-state index contributed by atoms with van der Waals surface area (Å²) in [5, 5.41) is 27.1. The van der Waals surface area contributed by atoms with E-state index >= 15 is 0 Å². The molecular formula is C16H17FN6O3. The molecule has 1 saturated carbocycles. The van der Waals surface area contributed by atoms with E-state index in [1.807, 2.05) is 0 Å². The van der Waals surface area contributed by atoms with Crippen molar-refractivity contribution in [3.63, 3.8) is 0 Å². The number of carboxylic acid groups (broad SMARTS) is 1. The van der Waals surface area contributed by atoms with Crippen molar-refractivity contribution in [1.29, 1.82) is 0 Å². The number of aromatic hydroxyl groups is 1. The number of carboxylic acids is 1. The van der Waals surface area contributed by atoms with Crippen LogP contribution in [0.3, 0.4) is 0 Å². The van der Waals surface area contributed by atoms with Crippen LogP contribution in [0.25, 0.3) is 17.0 Å². The molecule has 2 N–H and O–H groups in total. The molecule has 0 unspecified atom stereocenters.